The van der Waals surface area contributed by atoms with Gasteiger partial charge in [0, 0.05) is 13.1 Å². The minimum atomic E-state index is -5.03. The highest BCUT2D eigenvalue weighted by atomic mass is 19.4. The average molecular weight is 264 g/mol. The van der Waals surface area contributed by atoms with Crippen LogP contribution in [0.25, 0.3) is 0 Å². The fraction of sp³-hybridized carbons (Fsp3) is 0.500. The Morgan fingerprint density at radius 3 is 2.50 bits per heavy atom. The number of alkyl halides is 3. The predicted octanol–water partition coefficient (Wildman–Crippen LogP) is 0.275. The van der Waals surface area contributed by atoms with Crippen molar-refractivity contribution < 1.29 is 27.9 Å². The van der Waals surface area contributed by atoms with Crippen molar-refractivity contribution in [3.8, 4) is 0 Å². The number of fused-ring (bicyclic) bond motifs is 1. The van der Waals surface area contributed by atoms with E-state index >= 15 is 0 Å². The van der Waals surface area contributed by atoms with Crippen molar-refractivity contribution >= 4 is 17.8 Å². The van der Waals surface area contributed by atoms with E-state index in [1.54, 1.807) is 0 Å². The van der Waals surface area contributed by atoms with E-state index in [-0.39, 0.29) is 25.5 Å². The summed E-state index contributed by atoms with van der Waals surface area (Å²) in [5, 5.41) is 12.2. The maximum atomic E-state index is 12.3. The Kier molecular flexibility index (Phi) is 2.71. The molecule has 10 heteroatoms. The van der Waals surface area contributed by atoms with Crippen LogP contribution in [0.15, 0.2) is 0 Å². The third-order valence-electron chi connectivity index (χ3n) is 2.32. The minimum absolute atomic E-state index is 0.171. The topological polar surface area (TPSA) is 88.3 Å². The number of carboxylic acid groups (broad SMARTS) is 1. The number of carbonyl (C=O) groups is 2. The fourth-order valence-corrected chi connectivity index (χ4v) is 1.60. The highest BCUT2D eigenvalue weighted by Gasteiger charge is 2.45. The Morgan fingerprint density at radius 2 is 1.94 bits per heavy atom. The molecule has 1 amide bonds. The lowest BCUT2D eigenvalue weighted by molar-refractivity contribution is -0.170. The van der Waals surface area contributed by atoms with E-state index in [4.69, 9.17) is 5.11 Å². The van der Waals surface area contributed by atoms with Gasteiger partial charge in [-0.2, -0.15) is 18.2 Å². The number of amides is 1. The number of carbonyl (C=O) groups excluding carboxylic acids is 1. The first kappa shape index (κ1) is 12.3. The Balaban J connectivity index is 2.39. The van der Waals surface area contributed by atoms with Crippen LogP contribution in [0, 0.1) is 0 Å². The molecule has 98 valence electrons. The molecule has 2 rings (SSSR count). The van der Waals surface area contributed by atoms with E-state index in [1.807, 2.05) is 0 Å². The summed E-state index contributed by atoms with van der Waals surface area (Å²) in [6.45, 7) is 0.0490. The third kappa shape index (κ3) is 2.00. The van der Waals surface area contributed by atoms with Gasteiger partial charge < -0.3 is 5.11 Å². The molecule has 1 aliphatic heterocycles. The molecule has 1 aromatic heterocycles. The zero-order chi connectivity index (χ0) is 13.5. The second kappa shape index (κ2) is 3.96. The number of aromatic nitrogens is 3. The molecule has 0 aliphatic carbocycles. The van der Waals surface area contributed by atoms with Gasteiger partial charge in [-0.3, -0.25) is 9.69 Å². The molecule has 1 aliphatic rings. The summed E-state index contributed by atoms with van der Waals surface area (Å²) < 4.78 is 38.0. The maximum Gasteiger partial charge on any atom is 0.471 e. The van der Waals surface area contributed by atoms with Crippen LogP contribution in [0.5, 0.6) is 0 Å². The van der Waals surface area contributed by atoms with Crippen LogP contribution < -0.4 is 4.90 Å². The summed E-state index contributed by atoms with van der Waals surface area (Å²) in [6, 6.07) is 0. The van der Waals surface area contributed by atoms with Gasteiger partial charge in [0.15, 0.2) is 0 Å². The van der Waals surface area contributed by atoms with E-state index in [0.717, 1.165) is 4.68 Å². The quantitative estimate of drug-likeness (QED) is 0.786. The summed E-state index contributed by atoms with van der Waals surface area (Å²) in [5.41, 5.74) is 0. The van der Waals surface area contributed by atoms with Gasteiger partial charge in [0.25, 0.3) is 5.82 Å². The van der Waals surface area contributed by atoms with Gasteiger partial charge >= 0.3 is 18.1 Å². The third-order valence-corrected chi connectivity index (χ3v) is 2.32. The molecule has 7 nitrogen and oxygen atoms in total. The molecular formula is C8H7F3N4O3. The standard InChI is InChI=1S/C8H7F3N4O3/c9-8(10,11)6(18)14-2-1-3-15-7(14)12-4(13-15)5(16)17/h1-3H2,(H,16,17). The van der Waals surface area contributed by atoms with Crippen molar-refractivity contribution in [2.75, 3.05) is 11.4 Å². The Morgan fingerprint density at radius 1 is 1.28 bits per heavy atom. The lowest BCUT2D eigenvalue weighted by atomic mass is 10.3. The largest absolute Gasteiger partial charge is 0.475 e. The van der Waals surface area contributed by atoms with Crippen molar-refractivity contribution in [1.82, 2.24) is 14.8 Å². The Hall–Kier alpha value is -2.13. The predicted molar refractivity (Wildman–Crippen MR) is 50.0 cm³/mol. The van der Waals surface area contributed by atoms with Crippen molar-refractivity contribution in [1.29, 1.82) is 0 Å². The van der Waals surface area contributed by atoms with Gasteiger partial charge in [-0.1, -0.05) is 0 Å². The zero-order valence-corrected chi connectivity index (χ0v) is 8.81. The summed E-state index contributed by atoms with van der Waals surface area (Å²) in [4.78, 5) is 25.6. The average Bonchev–Trinajstić information content (AvgIpc) is 2.70. The molecule has 0 saturated heterocycles. The molecular weight excluding hydrogens is 257 g/mol. The van der Waals surface area contributed by atoms with Crippen LogP contribution in [-0.4, -0.2) is 44.5 Å². The summed E-state index contributed by atoms with van der Waals surface area (Å²) in [6.07, 6.45) is -4.78. The van der Waals surface area contributed by atoms with Gasteiger partial charge in [-0.15, -0.1) is 5.10 Å². The molecule has 18 heavy (non-hydrogen) atoms. The Labute approximate surface area is 97.8 Å². The number of rotatable bonds is 1. The second-order valence-corrected chi connectivity index (χ2v) is 3.57. The molecule has 0 bridgehead atoms. The summed E-state index contributed by atoms with van der Waals surface area (Å²) in [5.74, 6) is -4.56. The van der Waals surface area contributed by atoms with Gasteiger partial charge in [-0.25, -0.2) is 9.48 Å². The first-order chi connectivity index (χ1) is 8.30. The first-order valence-electron chi connectivity index (χ1n) is 4.87. The molecule has 0 saturated carbocycles. The first-order valence-corrected chi connectivity index (χ1v) is 4.87. The minimum Gasteiger partial charge on any atom is -0.475 e. The number of carboxylic acids is 1. The summed E-state index contributed by atoms with van der Waals surface area (Å²) >= 11 is 0. The monoisotopic (exact) mass is 264 g/mol. The van der Waals surface area contributed by atoms with Crippen molar-refractivity contribution in [2.45, 2.75) is 19.1 Å². The number of halogens is 3. The smallest absolute Gasteiger partial charge is 0.471 e. The zero-order valence-electron chi connectivity index (χ0n) is 8.81. The molecule has 0 fully saturated rings. The van der Waals surface area contributed by atoms with Crippen LogP contribution in [0.3, 0.4) is 0 Å². The molecule has 2 heterocycles. The van der Waals surface area contributed by atoms with Crippen LogP contribution in [0.1, 0.15) is 17.0 Å². The fourth-order valence-electron chi connectivity index (χ4n) is 1.60. The van der Waals surface area contributed by atoms with Crippen LogP contribution in [0.4, 0.5) is 19.1 Å². The molecule has 0 unspecified atom stereocenters. The number of aromatic carboxylic acids is 1. The number of anilines is 1. The van der Waals surface area contributed by atoms with Gasteiger partial charge in [-0.05, 0) is 6.42 Å². The second-order valence-electron chi connectivity index (χ2n) is 3.57. The van der Waals surface area contributed by atoms with E-state index in [2.05, 4.69) is 10.1 Å². The van der Waals surface area contributed by atoms with Crippen molar-refractivity contribution in [3.63, 3.8) is 0 Å². The van der Waals surface area contributed by atoms with Crippen LogP contribution in [0.2, 0.25) is 0 Å². The number of hydrogen-bond acceptors (Lipinski definition) is 4. The highest BCUT2D eigenvalue weighted by Crippen LogP contribution is 2.25. The molecule has 0 radical (unpaired) electrons. The molecule has 0 atom stereocenters. The molecule has 1 aromatic rings. The van der Waals surface area contributed by atoms with Crippen molar-refractivity contribution in [2.24, 2.45) is 0 Å². The molecule has 1 N–H and O–H groups in total. The van der Waals surface area contributed by atoms with Gasteiger partial charge in [0.05, 0.1) is 0 Å². The highest BCUT2D eigenvalue weighted by molar-refractivity contribution is 5.96. The van der Waals surface area contributed by atoms with E-state index in [0.29, 0.717) is 4.90 Å². The van der Waals surface area contributed by atoms with Crippen LogP contribution >= 0.6 is 0 Å². The molecule has 0 aromatic carbocycles. The number of nitrogens with zero attached hydrogens (tertiary/aromatic N) is 4. The number of aryl methyl sites for hydroxylation is 1. The van der Waals surface area contributed by atoms with E-state index in [1.165, 1.54) is 0 Å². The maximum absolute atomic E-state index is 12.3. The summed E-state index contributed by atoms with van der Waals surface area (Å²) in [7, 11) is 0. The SMILES string of the molecule is O=C(O)c1nc2n(n1)CCCN2C(=O)C(F)(F)F. The van der Waals surface area contributed by atoms with Gasteiger partial charge in [0.1, 0.15) is 0 Å². The lowest BCUT2D eigenvalue weighted by Gasteiger charge is -2.26. The number of hydrogen-bond donors (Lipinski definition) is 1. The molecule has 0 spiro atoms. The lowest BCUT2D eigenvalue weighted by Crippen LogP contribution is -2.45. The van der Waals surface area contributed by atoms with Crippen LogP contribution in [-0.2, 0) is 11.3 Å². The van der Waals surface area contributed by atoms with Gasteiger partial charge in [0.2, 0.25) is 5.95 Å². The van der Waals surface area contributed by atoms with E-state index < -0.39 is 23.9 Å². The van der Waals surface area contributed by atoms with Crippen molar-refractivity contribution in [3.05, 3.63) is 5.82 Å². The van der Waals surface area contributed by atoms with E-state index in [9.17, 15) is 22.8 Å². The Bertz CT molecular complexity index is 510. The normalized spacial score (nSPS) is 15.4.